The molecular weight excluding hydrogens is 399 g/mol. The summed E-state index contributed by atoms with van der Waals surface area (Å²) in [6.07, 6.45) is -1.15. The molecular formula is C18H17ClF3N3O3. The van der Waals surface area contributed by atoms with Crippen LogP contribution >= 0.6 is 11.6 Å². The molecule has 1 saturated heterocycles. The second-order valence-corrected chi connectivity index (χ2v) is 6.63. The number of esters is 1. The lowest BCUT2D eigenvalue weighted by Gasteiger charge is -2.17. The monoisotopic (exact) mass is 415 g/mol. The molecule has 10 heteroatoms. The maximum atomic E-state index is 13.1. The zero-order valence-corrected chi connectivity index (χ0v) is 15.6. The molecule has 0 bridgehead atoms. The van der Waals surface area contributed by atoms with Gasteiger partial charge in [0.2, 0.25) is 5.95 Å². The molecule has 6 nitrogen and oxygen atoms in total. The number of benzene rings is 1. The minimum Gasteiger partial charge on any atom is -0.486 e. The SMILES string of the molecule is COC(=O)C1CCN(c2ncc(OCc3c(Cl)cccc3C(F)(F)F)cn2)C1. The predicted octanol–water partition coefficient (Wildman–Crippen LogP) is 3.73. The summed E-state index contributed by atoms with van der Waals surface area (Å²) in [4.78, 5) is 21.8. The van der Waals surface area contributed by atoms with Crippen molar-refractivity contribution < 1.29 is 27.4 Å². The number of rotatable bonds is 5. The summed E-state index contributed by atoms with van der Waals surface area (Å²) in [6.45, 7) is 0.682. The van der Waals surface area contributed by atoms with Crippen LogP contribution in [-0.4, -0.2) is 36.1 Å². The second kappa shape index (κ2) is 8.22. The molecule has 1 unspecified atom stereocenters. The lowest BCUT2D eigenvalue weighted by molar-refractivity contribution is -0.144. The quantitative estimate of drug-likeness (QED) is 0.693. The Morgan fingerprint density at radius 2 is 2.04 bits per heavy atom. The zero-order valence-electron chi connectivity index (χ0n) is 14.9. The molecule has 3 rings (SSSR count). The molecule has 0 saturated carbocycles. The Balaban J connectivity index is 1.66. The number of aromatic nitrogens is 2. The van der Waals surface area contributed by atoms with E-state index in [0.29, 0.717) is 25.5 Å². The number of nitrogens with zero attached hydrogens (tertiary/aromatic N) is 3. The van der Waals surface area contributed by atoms with Crippen LogP contribution in [-0.2, 0) is 22.3 Å². The first-order valence-corrected chi connectivity index (χ1v) is 8.79. The van der Waals surface area contributed by atoms with Crippen LogP contribution in [0.4, 0.5) is 19.1 Å². The Kier molecular flexibility index (Phi) is 5.93. The predicted molar refractivity (Wildman–Crippen MR) is 95.2 cm³/mol. The summed E-state index contributed by atoms with van der Waals surface area (Å²) >= 11 is 5.91. The van der Waals surface area contributed by atoms with Crippen LogP contribution < -0.4 is 9.64 Å². The van der Waals surface area contributed by atoms with E-state index in [1.165, 1.54) is 31.6 Å². The number of alkyl halides is 3. The highest BCUT2D eigenvalue weighted by Gasteiger charge is 2.34. The summed E-state index contributed by atoms with van der Waals surface area (Å²) in [5.74, 6) is 0.112. The van der Waals surface area contributed by atoms with Gasteiger partial charge in [-0.1, -0.05) is 17.7 Å². The Hall–Kier alpha value is -2.55. The Morgan fingerprint density at radius 1 is 1.32 bits per heavy atom. The van der Waals surface area contributed by atoms with Crippen molar-refractivity contribution in [2.24, 2.45) is 5.92 Å². The molecule has 1 aromatic carbocycles. The third kappa shape index (κ3) is 4.46. The van der Waals surface area contributed by atoms with Gasteiger partial charge in [0.1, 0.15) is 6.61 Å². The third-order valence-corrected chi connectivity index (χ3v) is 4.78. The highest BCUT2D eigenvalue weighted by Crippen LogP contribution is 2.35. The Labute approximate surface area is 164 Å². The molecule has 0 amide bonds. The first-order chi connectivity index (χ1) is 13.3. The van der Waals surface area contributed by atoms with Gasteiger partial charge in [-0.15, -0.1) is 0 Å². The van der Waals surface area contributed by atoms with Crippen LogP contribution in [0.1, 0.15) is 17.5 Å². The molecule has 1 aromatic heterocycles. The summed E-state index contributed by atoms with van der Waals surface area (Å²) in [5, 5.41) is -0.0294. The maximum Gasteiger partial charge on any atom is 0.416 e. The number of ether oxygens (including phenoxy) is 2. The van der Waals surface area contributed by atoms with Gasteiger partial charge >= 0.3 is 12.1 Å². The van der Waals surface area contributed by atoms with Gasteiger partial charge in [-0.2, -0.15) is 13.2 Å². The van der Waals surface area contributed by atoms with Crippen LogP contribution in [0.3, 0.4) is 0 Å². The minimum atomic E-state index is -4.53. The smallest absolute Gasteiger partial charge is 0.416 e. The van der Waals surface area contributed by atoms with Gasteiger partial charge in [-0.05, 0) is 18.6 Å². The molecule has 28 heavy (non-hydrogen) atoms. The average Bonchev–Trinajstić information content (AvgIpc) is 3.16. The fourth-order valence-corrected chi connectivity index (χ4v) is 3.20. The van der Waals surface area contributed by atoms with E-state index in [-0.39, 0.29) is 34.8 Å². The van der Waals surface area contributed by atoms with Gasteiger partial charge in [-0.3, -0.25) is 4.79 Å². The fourth-order valence-electron chi connectivity index (χ4n) is 2.97. The van der Waals surface area contributed by atoms with Gasteiger partial charge in [0.15, 0.2) is 5.75 Å². The summed E-state index contributed by atoms with van der Waals surface area (Å²) in [5.41, 5.74) is -0.996. The van der Waals surface area contributed by atoms with E-state index in [4.69, 9.17) is 21.1 Å². The molecule has 0 N–H and O–H groups in total. The van der Waals surface area contributed by atoms with E-state index < -0.39 is 11.7 Å². The number of halogens is 4. The molecule has 150 valence electrons. The summed E-state index contributed by atoms with van der Waals surface area (Å²) in [6, 6.07) is 3.57. The molecule has 0 aliphatic carbocycles. The Morgan fingerprint density at radius 3 is 2.68 bits per heavy atom. The lowest BCUT2D eigenvalue weighted by atomic mass is 10.1. The van der Waals surface area contributed by atoms with Gasteiger partial charge in [0, 0.05) is 23.7 Å². The van der Waals surface area contributed by atoms with Crippen LogP contribution in [0.2, 0.25) is 5.02 Å². The van der Waals surface area contributed by atoms with Gasteiger partial charge in [-0.25, -0.2) is 9.97 Å². The molecule has 1 aliphatic rings. The minimum absolute atomic E-state index is 0.0294. The number of hydrogen-bond acceptors (Lipinski definition) is 6. The highest BCUT2D eigenvalue weighted by atomic mass is 35.5. The van der Waals surface area contributed by atoms with Crippen molar-refractivity contribution in [3.63, 3.8) is 0 Å². The van der Waals surface area contributed by atoms with E-state index in [2.05, 4.69) is 9.97 Å². The van der Waals surface area contributed by atoms with E-state index in [1.807, 2.05) is 4.90 Å². The molecule has 0 spiro atoms. The standard InChI is InChI=1S/C18H17ClF3N3O3/c1-27-16(26)11-5-6-25(9-11)17-23-7-12(8-24-17)28-10-13-14(18(20,21)22)3-2-4-15(13)19/h2-4,7-8,11H,5-6,9-10H2,1H3. The van der Waals surface area contributed by atoms with E-state index in [0.717, 1.165) is 6.07 Å². The number of anilines is 1. The van der Waals surface area contributed by atoms with Crippen molar-refractivity contribution in [3.8, 4) is 5.75 Å². The number of hydrogen-bond donors (Lipinski definition) is 0. The van der Waals surface area contributed by atoms with Crippen molar-refractivity contribution >= 4 is 23.5 Å². The molecule has 2 heterocycles. The summed E-state index contributed by atoms with van der Waals surface area (Å²) < 4.78 is 49.5. The van der Waals surface area contributed by atoms with Crippen molar-refractivity contribution in [2.45, 2.75) is 19.2 Å². The average molecular weight is 416 g/mol. The normalized spacial score (nSPS) is 16.9. The first-order valence-electron chi connectivity index (χ1n) is 8.41. The first kappa shape index (κ1) is 20.2. The van der Waals surface area contributed by atoms with E-state index in [9.17, 15) is 18.0 Å². The topological polar surface area (TPSA) is 64.5 Å². The van der Waals surface area contributed by atoms with Crippen molar-refractivity contribution in [2.75, 3.05) is 25.1 Å². The van der Waals surface area contributed by atoms with Crippen molar-refractivity contribution in [3.05, 3.63) is 46.7 Å². The van der Waals surface area contributed by atoms with Gasteiger partial charge in [0.05, 0.1) is 31.0 Å². The number of carbonyl (C=O) groups is 1. The van der Waals surface area contributed by atoms with Crippen molar-refractivity contribution in [1.82, 2.24) is 9.97 Å². The largest absolute Gasteiger partial charge is 0.486 e. The fraction of sp³-hybridized carbons (Fsp3) is 0.389. The molecule has 1 atom stereocenters. The van der Waals surface area contributed by atoms with E-state index >= 15 is 0 Å². The van der Waals surface area contributed by atoms with E-state index in [1.54, 1.807) is 0 Å². The maximum absolute atomic E-state index is 13.1. The van der Waals surface area contributed by atoms with Gasteiger partial charge in [0.25, 0.3) is 0 Å². The summed E-state index contributed by atoms with van der Waals surface area (Å²) in [7, 11) is 1.34. The van der Waals surface area contributed by atoms with Crippen LogP contribution in [0.25, 0.3) is 0 Å². The number of carbonyl (C=O) groups excluding carboxylic acids is 1. The van der Waals surface area contributed by atoms with Gasteiger partial charge < -0.3 is 14.4 Å². The lowest BCUT2D eigenvalue weighted by Crippen LogP contribution is -2.25. The molecule has 1 aliphatic heterocycles. The molecule has 0 radical (unpaired) electrons. The second-order valence-electron chi connectivity index (χ2n) is 6.23. The zero-order chi connectivity index (χ0) is 20.3. The molecule has 1 fully saturated rings. The Bertz CT molecular complexity index is 846. The number of methoxy groups -OCH3 is 1. The third-order valence-electron chi connectivity index (χ3n) is 4.43. The highest BCUT2D eigenvalue weighted by molar-refractivity contribution is 6.31. The molecule has 2 aromatic rings. The van der Waals surface area contributed by atoms with Crippen LogP contribution in [0.15, 0.2) is 30.6 Å². The van der Waals surface area contributed by atoms with Crippen LogP contribution in [0, 0.1) is 5.92 Å². The van der Waals surface area contributed by atoms with Crippen molar-refractivity contribution in [1.29, 1.82) is 0 Å². The van der Waals surface area contributed by atoms with Crippen LogP contribution in [0.5, 0.6) is 5.75 Å².